The van der Waals surface area contributed by atoms with Gasteiger partial charge in [-0.15, -0.1) is 5.10 Å². The van der Waals surface area contributed by atoms with Gasteiger partial charge in [0.05, 0.1) is 25.1 Å². The zero-order valence-corrected chi connectivity index (χ0v) is 15.6. The Morgan fingerprint density at radius 3 is 2.42 bits per heavy atom. The lowest BCUT2D eigenvalue weighted by Crippen LogP contribution is -2.64. The molecular formula is C18H15F7N4O2. The predicted octanol–water partition coefficient (Wildman–Crippen LogP) is 3.43. The number of rotatable bonds is 5. The van der Waals surface area contributed by atoms with E-state index in [2.05, 4.69) is 10.1 Å². The number of β-amino-alcohol motifs (C(OH)–C–C–N with tert-alkyl or cyclic N) is 1. The molecule has 1 fully saturated rings. The summed E-state index contributed by atoms with van der Waals surface area (Å²) in [4.78, 5) is 16.8. The first kappa shape index (κ1) is 22.7. The zero-order chi connectivity index (χ0) is 23.0. The first-order valence-electron chi connectivity index (χ1n) is 8.73. The lowest BCUT2D eigenvalue weighted by atomic mass is 9.90. The van der Waals surface area contributed by atoms with E-state index in [-0.39, 0.29) is 17.0 Å². The molecule has 0 atom stereocenters. The lowest BCUT2D eigenvalue weighted by Gasteiger charge is -2.46. The fourth-order valence-corrected chi connectivity index (χ4v) is 3.09. The molecule has 1 aromatic carbocycles. The molecule has 0 saturated carbocycles. The van der Waals surface area contributed by atoms with Crippen molar-refractivity contribution in [3.05, 3.63) is 41.7 Å². The van der Waals surface area contributed by atoms with E-state index in [4.69, 9.17) is 0 Å². The van der Waals surface area contributed by atoms with Crippen LogP contribution in [0.25, 0.3) is 17.6 Å². The molecule has 31 heavy (non-hydrogen) atoms. The minimum atomic E-state index is -4.69. The van der Waals surface area contributed by atoms with E-state index in [1.807, 2.05) is 0 Å². The Morgan fingerprint density at radius 1 is 1.16 bits per heavy atom. The SMILES string of the molecule is O=C(/C=C\n1cnc(-c2cc(CF)cc(C(F)(F)F)c2)n1)N1CC(O)(CC(F)(F)F)C1. The van der Waals surface area contributed by atoms with Crippen LogP contribution in [0.4, 0.5) is 30.7 Å². The zero-order valence-electron chi connectivity index (χ0n) is 15.6. The highest BCUT2D eigenvalue weighted by atomic mass is 19.4. The van der Waals surface area contributed by atoms with Crippen LogP contribution in [0.2, 0.25) is 0 Å². The number of carbonyl (C=O) groups excluding carboxylic acids is 1. The molecule has 168 valence electrons. The second kappa shape index (κ2) is 7.94. The van der Waals surface area contributed by atoms with E-state index in [0.29, 0.717) is 6.07 Å². The summed E-state index contributed by atoms with van der Waals surface area (Å²) in [7, 11) is 0. The summed E-state index contributed by atoms with van der Waals surface area (Å²) < 4.78 is 90.0. The molecule has 0 unspecified atom stereocenters. The minimum absolute atomic E-state index is 0.0825. The summed E-state index contributed by atoms with van der Waals surface area (Å²) in [6.07, 6.45) is -7.54. The topological polar surface area (TPSA) is 71.2 Å². The van der Waals surface area contributed by atoms with Crippen molar-refractivity contribution in [1.29, 1.82) is 0 Å². The van der Waals surface area contributed by atoms with Crippen molar-refractivity contribution in [1.82, 2.24) is 19.7 Å². The van der Waals surface area contributed by atoms with Gasteiger partial charge in [0.1, 0.15) is 18.6 Å². The van der Waals surface area contributed by atoms with Gasteiger partial charge in [-0.05, 0) is 23.8 Å². The van der Waals surface area contributed by atoms with Crippen molar-refractivity contribution >= 4 is 12.1 Å². The monoisotopic (exact) mass is 452 g/mol. The van der Waals surface area contributed by atoms with Crippen molar-refractivity contribution in [2.24, 2.45) is 0 Å². The number of carbonyl (C=O) groups is 1. The first-order valence-corrected chi connectivity index (χ1v) is 8.73. The molecule has 2 aromatic rings. The standard InChI is InChI=1S/C18H15F7N4O2/c19-6-11-3-12(5-13(4-11)18(23,24)25)15-26-10-29(27-15)2-1-14(30)28-8-16(31,9-28)7-17(20,21)22/h1-5,10,31H,6-9H2/b2-1-. The van der Waals surface area contributed by atoms with Gasteiger partial charge in [0, 0.05) is 17.8 Å². The fourth-order valence-electron chi connectivity index (χ4n) is 3.09. The van der Waals surface area contributed by atoms with E-state index in [1.54, 1.807) is 0 Å². The van der Waals surface area contributed by atoms with E-state index in [1.165, 1.54) is 0 Å². The highest BCUT2D eigenvalue weighted by Crippen LogP contribution is 2.34. The number of aliphatic hydroxyl groups is 1. The van der Waals surface area contributed by atoms with Crippen LogP contribution in [0.5, 0.6) is 0 Å². The number of hydrogen-bond donors (Lipinski definition) is 1. The number of alkyl halides is 7. The Bertz CT molecular complexity index is 992. The van der Waals surface area contributed by atoms with Gasteiger partial charge in [-0.3, -0.25) is 4.79 Å². The Balaban J connectivity index is 1.68. The van der Waals surface area contributed by atoms with Gasteiger partial charge < -0.3 is 10.0 Å². The van der Waals surface area contributed by atoms with E-state index in [0.717, 1.165) is 40.3 Å². The van der Waals surface area contributed by atoms with Gasteiger partial charge in [-0.2, -0.15) is 26.3 Å². The van der Waals surface area contributed by atoms with E-state index >= 15 is 0 Å². The average molecular weight is 452 g/mol. The van der Waals surface area contributed by atoms with Crippen LogP contribution in [0.3, 0.4) is 0 Å². The molecule has 1 saturated heterocycles. The van der Waals surface area contributed by atoms with Gasteiger partial charge in [-0.25, -0.2) is 14.1 Å². The van der Waals surface area contributed by atoms with E-state index < -0.39 is 55.6 Å². The van der Waals surface area contributed by atoms with Crippen molar-refractivity contribution in [3.63, 3.8) is 0 Å². The number of benzene rings is 1. The van der Waals surface area contributed by atoms with Crippen LogP contribution in [0, 0.1) is 0 Å². The smallest absolute Gasteiger partial charge is 0.386 e. The summed E-state index contributed by atoms with van der Waals surface area (Å²) in [5, 5.41) is 13.6. The van der Waals surface area contributed by atoms with Crippen LogP contribution in [0.15, 0.2) is 30.6 Å². The van der Waals surface area contributed by atoms with Gasteiger partial charge in [0.2, 0.25) is 5.91 Å². The Labute approximate surface area is 170 Å². The summed E-state index contributed by atoms with van der Waals surface area (Å²) in [6.45, 7) is -2.11. The molecule has 3 rings (SSSR count). The van der Waals surface area contributed by atoms with Crippen LogP contribution < -0.4 is 0 Å². The molecule has 6 nitrogen and oxygen atoms in total. The van der Waals surface area contributed by atoms with Crippen LogP contribution in [-0.2, 0) is 17.6 Å². The number of aromatic nitrogens is 3. The number of nitrogens with zero attached hydrogens (tertiary/aromatic N) is 4. The summed E-state index contributed by atoms with van der Waals surface area (Å²) >= 11 is 0. The van der Waals surface area contributed by atoms with Crippen LogP contribution in [0.1, 0.15) is 17.5 Å². The number of amides is 1. The highest BCUT2D eigenvalue weighted by molar-refractivity contribution is 5.90. The predicted molar refractivity (Wildman–Crippen MR) is 92.8 cm³/mol. The van der Waals surface area contributed by atoms with Gasteiger partial charge in [0.25, 0.3) is 0 Å². The third-order valence-electron chi connectivity index (χ3n) is 4.42. The molecule has 1 aromatic heterocycles. The summed E-state index contributed by atoms with van der Waals surface area (Å²) in [5.74, 6) is -0.843. The fraction of sp³-hybridized carbons (Fsp3) is 0.389. The molecule has 13 heteroatoms. The molecule has 1 aliphatic rings. The summed E-state index contributed by atoms with van der Waals surface area (Å²) in [5.41, 5.74) is -3.39. The first-order chi connectivity index (χ1) is 14.3. The molecule has 0 bridgehead atoms. The van der Waals surface area contributed by atoms with Gasteiger partial charge >= 0.3 is 12.4 Å². The Hall–Kier alpha value is -2.96. The maximum atomic E-state index is 13.0. The Kier molecular flexibility index (Phi) is 5.82. The molecule has 0 spiro atoms. The number of halogens is 7. The maximum Gasteiger partial charge on any atom is 0.416 e. The van der Waals surface area contributed by atoms with Crippen LogP contribution >= 0.6 is 0 Å². The normalized spacial score (nSPS) is 16.6. The van der Waals surface area contributed by atoms with Crippen molar-refractivity contribution < 1.29 is 40.6 Å². The molecule has 1 aliphatic heterocycles. The van der Waals surface area contributed by atoms with Crippen molar-refractivity contribution in [2.75, 3.05) is 13.1 Å². The largest absolute Gasteiger partial charge is 0.416 e. The van der Waals surface area contributed by atoms with Crippen molar-refractivity contribution in [2.45, 2.75) is 31.0 Å². The second-order valence-corrected chi connectivity index (χ2v) is 7.12. The quantitative estimate of drug-likeness (QED) is 0.558. The molecular weight excluding hydrogens is 437 g/mol. The molecule has 2 heterocycles. The maximum absolute atomic E-state index is 13.0. The highest BCUT2D eigenvalue weighted by Gasteiger charge is 2.50. The van der Waals surface area contributed by atoms with Gasteiger partial charge in [0.15, 0.2) is 5.82 Å². The molecule has 1 amide bonds. The van der Waals surface area contributed by atoms with Crippen molar-refractivity contribution in [3.8, 4) is 11.4 Å². The number of hydrogen-bond acceptors (Lipinski definition) is 4. The van der Waals surface area contributed by atoms with Crippen LogP contribution in [-0.4, -0.2) is 55.5 Å². The lowest BCUT2D eigenvalue weighted by molar-refractivity contribution is -0.208. The third-order valence-corrected chi connectivity index (χ3v) is 4.42. The molecule has 1 N–H and O–H groups in total. The minimum Gasteiger partial charge on any atom is -0.386 e. The number of likely N-dealkylation sites (tertiary alicyclic amines) is 1. The van der Waals surface area contributed by atoms with Gasteiger partial charge in [-0.1, -0.05) is 0 Å². The average Bonchev–Trinajstić information content (AvgIpc) is 3.10. The molecule has 0 radical (unpaired) electrons. The third kappa shape index (κ3) is 5.60. The molecule has 0 aliphatic carbocycles. The second-order valence-electron chi connectivity index (χ2n) is 7.12. The van der Waals surface area contributed by atoms with E-state index in [9.17, 15) is 40.6 Å². The Morgan fingerprint density at radius 2 is 1.84 bits per heavy atom. The summed E-state index contributed by atoms with van der Waals surface area (Å²) in [6, 6.07) is 2.59.